The number of carbonyl (C=O) groups excluding carboxylic acids is 2. The van der Waals surface area contributed by atoms with Crippen LogP contribution in [0.15, 0.2) is 18.2 Å². The van der Waals surface area contributed by atoms with Crippen molar-refractivity contribution in [1.82, 2.24) is 15.1 Å². The van der Waals surface area contributed by atoms with E-state index in [-0.39, 0.29) is 30.2 Å². The average Bonchev–Trinajstić information content (AvgIpc) is 2.52. The smallest absolute Gasteiger partial charge is 0.238 e. The van der Waals surface area contributed by atoms with Gasteiger partial charge in [-0.15, -0.1) is 0 Å². The molecule has 0 aliphatic carbocycles. The lowest BCUT2D eigenvalue weighted by Gasteiger charge is -2.34. The van der Waals surface area contributed by atoms with Crippen LogP contribution in [0.5, 0.6) is 0 Å². The summed E-state index contributed by atoms with van der Waals surface area (Å²) in [5.41, 5.74) is 1.34. The minimum atomic E-state index is -0.366. The highest BCUT2D eigenvalue weighted by molar-refractivity contribution is 5.93. The van der Waals surface area contributed by atoms with E-state index in [1.165, 1.54) is 12.1 Å². The van der Waals surface area contributed by atoms with Crippen molar-refractivity contribution in [3.63, 3.8) is 0 Å². The first-order valence-corrected chi connectivity index (χ1v) is 8.63. The van der Waals surface area contributed by atoms with Gasteiger partial charge in [-0.1, -0.05) is 6.07 Å². The Bertz CT molecular complexity index is 613. The van der Waals surface area contributed by atoms with Gasteiger partial charge >= 0.3 is 0 Å². The van der Waals surface area contributed by atoms with Gasteiger partial charge in [-0.3, -0.25) is 19.4 Å². The summed E-state index contributed by atoms with van der Waals surface area (Å²) >= 11 is 0. The van der Waals surface area contributed by atoms with E-state index in [2.05, 4.69) is 15.5 Å². The van der Waals surface area contributed by atoms with Crippen molar-refractivity contribution in [3.8, 4) is 0 Å². The highest BCUT2D eigenvalue weighted by Gasteiger charge is 2.21. The van der Waals surface area contributed by atoms with Crippen molar-refractivity contribution in [2.75, 3.05) is 44.6 Å². The highest BCUT2D eigenvalue weighted by atomic mass is 19.1. The second-order valence-corrected chi connectivity index (χ2v) is 6.78. The Balaban J connectivity index is 1.75. The standard InChI is InChI=1S/C18H27FN4O2/c1-13(2)20-17(24)11-22-6-8-23(9-7-22)12-18(25)21-16-10-15(19)5-4-14(16)3/h4-5,10,13H,6-9,11-12H2,1-3H3,(H,20,24)(H,21,25). The van der Waals surface area contributed by atoms with Crippen molar-refractivity contribution >= 4 is 17.5 Å². The van der Waals surface area contributed by atoms with E-state index >= 15 is 0 Å². The van der Waals surface area contributed by atoms with E-state index in [0.29, 0.717) is 12.2 Å². The fraction of sp³-hybridized carbons (Fsp3) is 0.556. The first-order chi connectivity index (χ1) is 11.8. The van der Waals surface area contributed by atoms with Crippen molar-refractivity contribution in [1.29, 1.82) is 0 Å². The number of halogens is 1. The molecule has 1 heterocycles. The first-order valence-electron chi connectivity index (χ1n) is 8.63. The SMILES string of the molecule is Cc1ccc(F)cc1NC(=O)CN1CCN(CC(=O)NC(C)C)CC1. The third-order valence-corrected chi connectivity index (χ3v) is 4.12. The van der Waals surface area contributed by atoms with Gasteiger partial charge in [0.2, 0.25) is 11.8 Å². The van der Waals surface area contributed by atoms with Crippen molar-refractivity contribution in [2.24, 2.45) is 0 Å². The van der Waals surface area contributed by atoms with Crippen LogP contribution in [0.1, 0.15) is 19.4 Å². The van der Waals surface area contributed by atoms with Gasteiger partial charge in [-0.25, -0.2) is 4.39 Å². The molecule has 1 aromatic rings. The van der Waals surface area contributed by atoms with E-state index in [1.54, 1.807) is 6.07 Å². The number of nitrogens with zero attached hydrogens (tertiary/aromatic N) is 2. The molecule has 2 amide bonds. The van der Waals surface area contributed by atoms with E-state index in [4.69, 9.17) is 0 Å². The van der Waals surface area contributed by atoms with Crippen molar-refractivity contribution in [2.45, 2.75) is 26.8 Å². The van der Waals surface area contributed by atoms with Gasteiger partial charge < -0.3 is 10.6 Å². The molecule has 1 aliphatic rings. The molecule has 0 unspecified atom stereocenters. The number of amides is 2. The molecule has 7 heteroatoms. The van der Waals surface area contributed by atoms with E-state index < -0.39 is 0 Å². The van der Waals surface area contributed by atoms with Crippen molar-refractivity contribution in [3.05, 3.63) is 29.6 Å². The number of hydrogen-bond donors (Lipinski definition) is 2. The van der Waals surface area contributed by atoms with E-state index in [9.17, 15) is 14.0 Å². The molecule has 1 aromatic carbocycles. The average molecular weight is 350 g/mol. The lowest BCUT2D eigenvalue weighted by Crippen LogP contribution is -2.51. The molecule has 1 fully saturated rings. The molecule has 2 N–H and O–H groups in total. The van der Waals surface area contributed by atoms with E-state index in [1.807, 2.05) is 25.7 Å². The maximum absolute atomic E-state index is 13.3. The summed E-state index contributed by atoms with van der Waals surface area (Å²) < 4.78 is 13.3. The van der Waals surface area contributed by atoms with Crippen LogP contribution >= 0.6 is 0 Å². The van der Waals surface area contributed by atoms with Crippen LogP contribution in [0, 0.1) is 12.7 Å². The molecule has 0 atom stereocenters. The number of nitrogens with one attached hydrogen (secondary N) is 2. The Morgan fingerprint density at radius 3 is 2.20 bits per heavy atom. The molecule has 1 saturated heterocycles. The molecule has 6 nitrogen and oxygen atoms in total. The number of rotatable bonds is 6. The predicted molar refractivity (Wildman–Crippen MR) is 95.9 cm³/mol. The number of carbonyl (C=O) groups is 2. The molecule has 0 radical (unpaired) electrons. The second-order valence-electron chi connectivity index (χ2n) is 6.78. The van der Waals surface area contributed by atoms with Crippen LogP contribution < -0.4 is 10.6 Å². The molecule has 1 aliphatic heterocycles. The van der Waals surface area contributed by atoms with Gasteiger partial charge in [0.25, 0.3) is 0 Å². The molecule has 2 rings (SSSR count). The molecule has 0 saturated carbocycles. The Kier molecular flexibility index (Phi) is 6.90. The molecule has 25 heavy (non-hydrogen) atoms. The zero-order valence-electron chi connectivity index (χ0n) is 15.1. The number of benzene rings is 1. The highest BCUT2D eigenvalue weighted by Crippen LogP contribution is 2.16. The summed E-state index contributed by atoms with van der Waals surface area (Å²) in [6, 6.07) is 4.49. The van der Waals surface area contributed by atoms with Gasteiger partial charge in [0.1, 0.15) is 5.82 Å². The van der Waals surface area contributed by atoms with Crippen molar-refractivity contribution < 1.29 is 14.0 Å². The lowest BCUT2D eigenvalue weighted by atomic mass is 10.2. The second kappa shape index (κ2) is 8.92. The van der Waals surface area contributed by atoms with E-state index in [0.717, 1.165) is 31.7 Å². The fourth-order valence-electron chi connectivity index (χ4n) is 2.80. The van der Waals surface area contributed by atoms with Gasteiger partial charge in [0.15, 0.2) is 0 Å². The third-order valence-electron chi connectivity index (χ3n) is 4.12. The summed E-state index contributed by atoms with van der Waals surface area (Å²) in [7, 11) is 0. The molecule has 0 aromatic heterocycles. The lowest BCUT2D eigenvalue weighted by molar-refractivity contribution is -0.124. The number of aryl methyl sites for hydroxylation is 1. The quantitative estimate of drug-likeness (QED) is 0.810. The fourth-order valence-corrected chi connectivity index (χ4v) is 2.80. The molecule has 0 bridgehead atoms. The molecule has 0 spiro atoms. The van der Waals surface area contributed by atoms with Crippen LogP contribution in [0.3, 0.4) is 0 Å². The first kappa shape index (κ1) is 19.3. The summed E-state index contributed by atoms with van der Waals surface area (Å²) in [5.74, 6) is -0.489. The summed E-state index contributed by atoms with van der Waals surface area (Å²) in [5, 5.41) is 5.65. The molecular formula is C18H27FN4O2. The maximum atomic E-state index is 13.3. The van der Waals surface area contributed by atoms with Crippen LogP contribution in [-0.4, -0.2) is 66.9 Å². The van der Waals surface area contributed by atoms with Crippen LogP contribution in [-0.2, 0) is 9.59 Å². The monoisotopic (exact) mass is 350 g/mol. The Morgan fingerprint density at radius 2 is 1.64 bits per heavy atom. The third kappa shape index (κ3) is 6.43. The summed E-state index contributed by atoms with van der Waals surface area (Å²) in [4.78, 5) is 28.1. The predicted octanol–water partition coefficient (Wildman–Crippen LogP) is 1.21. The number of anilines is 1. The zero-order valence-corrected chi connectivity index (χ0v) is 15.1. The Labute approximate surface area is 148 Å². The normalized spacial score (nSPS) is 16.0. The van der Waals surface area contributed by atoms with Crippen LogP contribution in [0.2, 0.25) is 0 Å². The number of hydrogen-bond acceptors (Lipinski definition) is 4. The van der Waals surface area contributed by atoms with Gasteiger partial charge in [0, 0.05) is 37.9 Å². The van der Waals surface area contributed by atoms with Gasteiger partial charge in [-0.2, -0.15) is 0 Å². The van der Waals surface area contributed by atoms with Gasteiger partial charge in [0.05, 0.1) is 13.1 Å². The molecule has 138 valence electrons. The number of piperazine rings is 1. The minimum absolute atomic E-state index is 0.0303. The Morgan fingerprint density at radius 1 is 1.08 bits per heavy atom. The molecular weight excluding hydrogens is 323 g/mol. The maximum Gasteiger partial charge on any atom is 0.238 e. The summed E-state index contributed by atoms with van der Waals surface area (Å²) in [6.45, 7) is 9.31. The zero-order chi connectivity index (χ0) is 18.4. The Hall–Kier alpha value is -1.99. The van der Waals surface area contributed by atoms with Crippen LogP contribution in [0.4, 0.5) is 10.1 Å². The largest absolute Gasteiger partial charge is 0.353 e. The summed E-state index contributed by atoms with van der Waals surface area (Å²) in [6.07, 6.45) is 0. The minimum Gasteiger partial charge on any atom is -0.353 e. The topological polar surface area (TPSA) is 64.7 Å². The van der Waals surface area contributed by atoms with Crippen LogP contribution in [0.25, 0.3) is 0 Å². The van der Waals surface area contributed by atoms with Gasteiger partial charge in [-0.05, 0) is 38.5 Å².